The van der Waals surface area contributed by atoms with Crippen LogP contribution in [0.25, 0.3) is 0 Å². The molecule has 2 aromatic carbocycles. The minimum atomic E-state index is -0.0836. The Morgan fingerprint density at radius 1 is 0.952 bits per heavy atom. The van der Waals surface area contributed by atoms with Crippen molar-refractivity contribution in [2.45, 2.75) is 13.5 Å². The number of Topliss-reactive ketones (excluding diaryl/α,β-unsaturated/α-hetero) is 1. The molecule has 2 rings (SSSR count). The van der Waals surface area contributed by atoms with E-state index in [2.05, 4.69) is 0 Å². The Morgan fingerprint density at radius 2 is 1.62 bits per heavy atom. The highest BCUT2D eigenvalue weighted by atomic mass is 16.5. The summed E-state index contributed by atoms with van der Waals surface area (Å²) in [5, 5.41) is 0. The van der Waals surface area contributed by atoms with E-state index in [1.165, 1.54) is 21.1 Å². The van der Waals surface area contributed by atoms with E-state index in [9.17, 15) is 4.79 Å². The highest BCUT2D eigenvalue weighted by molar-refractivity contribution is 5.98. The van der Waals surface area contributed by atoms with Gasteiger partial charge in [-0.25, -0.2) is 0 Å². The van der Waals surface area contributed by atoms with Crippen LogP contribution in [-0.2, 0) is 6.61 Å². The monoisotopic (exact) mass is 286 g/mol. The van der Waals surface area contributed by atoms with E-state index in [0.717, 1.165) is 5.56 Å². The minimum Gasteiger partial charge on any atom is -0.492 e. The SMILES string of the molecule is COc1c(OCc2ccccc2)ccc(C(C)=O)c1OC. The molecular formula is C17H18O4. The number of carbonyl (C=O) groups is 1. The van der Waals surface area contributed by atoms with Crippen LogP contribution in [0.5, 0.6) is 17.2 Å². The van der Waals surface area contributed by atoms with Crippen LogP contribution in [0.15, 0.2) is 42.5 Å². The first-order valence-corrected chi connectivity index (χ1v) is 6.60. The zero-order valence-electron chi connectivity index (χ0n) is 12.4. The summed E-state index contributed by atoms with van der Waals surface area (Å²) in [6, 6.07) is 13.2. The standard InChI is InChI=1S/C17H18O4/c1-12(18)14-9-10-15(17(20-3)16(14)19-2)21-11-13-7-5-4-6-8-13/h4-10H,11H2,1-3H3. The molecule has 0 atom stereocenters. The maximum atomic E-state index is 11.6. The molecule has 4 nitrogen and oxygen atoms in total. The molecule has 110 valence electrons. The molecule has 0 amide bonds. The molecule has 2 aromatic rings. The molecule has 0 fully saturated rings. The Labute approximate surface area is 124 Å². The third kappa shape index (κ3) is 3.34. The van der Waals surface area contributed by atoms with E-state index in [1.54, 1.807) is 12.1 Å². The van der Waals surface area contributed by atoms with Gasteiger partial charge in [0.2, 0.25) is 5.75 Å². The quantitative estimate of drug-likeness (QED) is 0.763. The second-order valence-corrected chi connectivity index (χ2v) is 4.51. The first-order chi connectivity index (χ1) is 10.2. The second kappa shape index (κ2) is 6.79. The van der Waals surface area contributed by atoms with Gasteiger partial charge in [0.05, 0.1) is 19.8 Å². The molecule has 0 unspecified atom stereocenters. The van der Waals surface area contributed by atoms with Crippen molar-refractivity contribution >= 4 is 5.78 Å². The van der Waals surface area contributed by atoms with Crippen molar-refractivity contribution in [3.05, 3.63) is 53.6 Å². The lowest BCUT2D eigenvalue weighted by atomic mass is 10.1. The lowest BCUT2D eigenvalue weighted by Gasteiger charge is -2.16. The van der Waals surface area contributed by atoms with Crippen molar-refractivity contribution in [3.63, 3.8) is 0 Å². The summed E-state index contributed by atoms with van der Waals surface area (Å²) in [4.78, 5) is 11.6. The van der Waals surface area contributed by atoms with Gasteiger partial charge in [-0.2, -0.15) is 0 Å². The maximum Gasteiger partial charge on any atom is 0.204 e. The number of ketones is 1. The van der Waals surface area contributed by atoms with Crippen LogP contribution in [0, 0.1) is 0 Å². The number of carbonyl (C=O) groups excluding carboxylic acids is 1. The van der Waals surface area contributed by atoms with Crippen molar-refractivity contribution in [3.8, 4) is 17.2 Å². The minimum absolute atomic E-state index is 0.0836. The van der Waals surface area contributed by atoms with Crippen molar-refractivity contribution in [2.75, 3.05) is 14.2 Å². The Morgan fingerprint density at radius 3 is 2.19 bits per heavy atom. The predicted molar refractivity (Wildman–Crippen MR) is 80.3 cm³/mol. The van der Waals surface area contributed by atoms with Gasteiger partial charge in [-0.1, -0.05) is 30.3 Å². The Balaban J connectivity index is 2.29. The van der Waals surface area contributed by atoms with Crippen LogP contribution in [0.3, 0.4) is 0 Å². The van der Waals surface area contributed by atoms with Gasteiger partial charge < -0.3 is 14.2 Å². The molecule has 0 aliphatic carbocycles. The van der Waals surface area contributed by atoms with Crippen molar-refractivity contribution in [1.29, 1.82) is 0 Å². The summed E-state index contributed by atoms with van der Waals surface area (Å²) in [5.74, 6) is 1.29. The Bertz CT molecular complexity index is 620. The second-order valence-electron chi connectivity index (χ2n) is 4.51. The molecule has 0 spiro atoms. The molecule has 0 saturated carbocycles. The summed E-state index contributed by atoms with van der Waals surface area (Å²) in [6.45, 7) is 1.90. The van der Waals surface area contributed by atoms with Gasteiger partial charge in [0.1, 0.15) is 6.61 Å². The van der Waals surface area contributed by atoms with E-state index >= 15 is 0 Å². The molecule has 0 radical (unpaired) electrons. The number of hydrogen-bond acceptors (Lipinski definition) is 4. The number of benzene rings is 2. The Hall–Kier alpha value is -2.49. The first-order valence-electron chi connectivity index (χ1n) is 6.60. The molecule has 0 saturated heterocycles. The predicted octanol–water partition coefficient (Wildman–Crippen LogP) is 3.49. The van der Waals surface area contributed by atoms with Crippen LogP contribution in [0.2, 0.25) is 0 Å². The zero-order valence-corrected chi connectivity index (χ0v) is 12.4. The van der Waals surface area contributed by atoms with E-state index < -0.39 is 0 Å². The molecule has 0 N–H and O–H groups in total. The number of methoxy groups -OCH3 is 2. The number of ether oxygens (including phenoxy) is 3. The van der Waals surface area contributed by atoms with Gasteiger partial charge in [0, 0.05) is 0 Å². The third-order valence-corrected chi connectivity index (χ3v) is 3.10. The largest absolute Gasteiger partial charge is 0.492 e. The third-order valence-electron chi connectivity index (χ3n) is 3.10. The smallest absolute Gasteiger partial charge is 0.204 e. The lowest BCUT2D eigenvalue weighted by Crippen LogP contribution is -2.03. The molecule has 0 bridgehead atoms. The van der Waals surface area contributed by atoms with Crippen molar-refractivity contribution in [2.24, 2.45) is 0 Å². The fourth-order valence-electron chi connectivity index (χ4n) is 2.07. The molecular weight excluding hydrogens is 268 g/mol. The highest BCUT2D eigenvalue weighted by Crippen LogP contribution is 2.40. The van der Waals surface area contributed by atoms with Gasteiger partial charge in [0.25, 0.3) is 0 Å². The summed E-state index contributed by atoms with van der Waals surface area (Å²) in [7, 11) is 3.03. The number of hydrogen-bond donors (Lipinski definition) is 0. The van der Waals surface area contributed by atoms with Gasteiger partial charge in [-0.15, -0.1) is 0 Å². The normalized spacial score (nSPS) is 10.0. The summed E-state index contributed by atoms with van der Waals surface area (Å²) in [5.41, 5.74) is 1.52. The van der Waals surface area contributed by atoms with Crippen LogP contribution in [-0.4, -0.2) is 20.0 Å². The van der Waals surface area contributed by atoms with Crippen LogP contribution >= 0.6 is 0 Å². The average Bonchev–Trinajstić information content (AvgIpc) is 2.52. The summed E-state index contributed by atoms with van der Waals surface area (Å²) >= 11 is 0. The van der Waals surface area contributed by atoms with Gasteiger partial charge >= 0.3 is 0 Å². The molecule has 21 heavy (non-hydrogen) atoms. The topological polar surface area (TPSA) is 44.8 Å². The Kier molecular flexibility index (Phi) is 4.82. The van der Waals surface area contributed by atoms with E-state index in [1.807, 2.05) is 30.3 Å². The molecule has 4 heteroatoms. The van der Waals surface area contributed by atoms with E-state index in [0.29, 0.717) is 29.4 Å². The fourth-order valence-corrected chi connectivity index (χ4v) is 2.07. The van der Waals surface area contributed by atoms with Crippen LogP contribution in [0.1, 0.15) is 22.8 Å². The molecule has 0 aliphatic rings. The van der Waals surface area contributed by atoms with Crippen LogP contribution < -0.4 is 14.2 Å². The summed E-state index contributed by atoms with van der Waals surface area (Å²) < 4.78 is 16.4. The van der Waals surface area contributed by atoms with Crippen molar-refractivity contribution < 1.29 is 19.0 Å². The van der Waals surface area contributed by atoms with E-state index in [4.69, 9.17) is 14.2 Å². The fraction of sp³-hybridized carbons (Fsp3) is 0.235. The van der Waals surface area contributed by atoms with Gasteiger partial charge in [0.15, 0.2) is 17.3 Å². The van der Waals surface area contributed by atoms with Crippen molar-refractivity contribution in [1.82, 2.24) is 0 Å². The average molecular weight is 286 g/mol. The molecule has 0 heterocycles. The van der Waals surface area contributed by atoms with Gasteiger partial charge in [-0.05, 0) is 24.6 Å². The molecule has 0 aliphatic heterocycles. The zero-order chi connectivity index (χ0) is 15.2. The maximum absolute atomic E-state index is 11.6. The molecule has 0 aromatic heterocycles. The van der Waals surface area contributed by atoms with E-state index in [-0.39, 0.29) is 5.78 Å². The van der Waals surface area contributed by atoms with Gasteiger partial charge in [-0.3, -0.25) is 4.79 Å². The van der Waals surface area contributed by atoms with Crippen LogP contribution in [0.4, 0.5) is 0 Å². The number of rotatable bonds is 6. The summed E-state index contributed by atoms with van der Waals surface area (Å²) in [6.07, 6.45) is 0. The first kappa shape index (κ1) is 14.9. The lowest BCUT2D eigenvalue weighted by molar-refractivity contribution is 0.101. The highest BCUT2D eigenvalue weighted by Gasteiger charge is 2.18.